The number of nitrogens with zero attached hydrogens (tertiary/aromatic N) is 7. The Balaban J connectivity index is 1.09. The molecule has 11 heteroatoms. The summed E-state index contributed by atoms with van der Waals surface area (Å²) < 4.78 is 20.7. The number of hydrogen-bond acceptors (Lipinski definition) is 8. The molecule has 2 fully saturated rings. The van der Waals surface area contributed by atoms with Crippen LogP contribution in [0.1, 0.15) is 31.2 Å². The summed E-state index contributed by atoms with van der Waals surface area (Å²) in [6.07, 6.45) is 14.0. The zero-order valence-electron chi connectivity index (χ0n) is 25.0. The van der Waals surface area contributed by atoms with Gasteiger partial charge in [-0.1, -0.05) is 0 Å². The van der Waals surface area contributed by atoms with Crippen molar-refractivity contribution in [2.75, 3.05) is 39.3 Å². The van der Waals surface area contributed by atoms with Crippen LogP contribution in [0.2, 0.25) is 0 Å². The molecular weight excluding hydrogens is 569 g/mol. The fraction of sp³-hybridized carbons (Fsp3) is 0.324. The maximum Gasteiger partial charge on any atom is 0.159 e. The van der Waals surface area contributed by atoms with Gasteiger partial charge in [0.2, 0.25) is 0 Å². The van der Waals surface area contributed by atoms with Crippen molar-refractivity contribution in [2.45, 2.75) is 32.2 Å². The van der Waals surface area contributed by atoms with Gasteiger partial charge >= 0.3 is 0 Å². The minimum absolute atomic E-state index is 0.367. The van der Waals surface area contributed by atoms with Crippen molar-refractivity contribution in [3.8, 4) is 39.7 Å². The van der Waals surface area contributed by atoms with E-state index in [-0.39, 0.29) is 5.82 Å². The van der Waals surface area contributed by atoms with E-state index >= 15 is 0 Å². The Labute approximate surface area is 259 Å². The van der Waals surface area contributed by atoms with Crippen LogP contribution in [0.4, 0.5) is 4.39 Å². The van der Waals surface area contributed by atoms with E-state index in [0.717, 1.165) is 66.9 Å². The number of H-pyrrole nitrogens is 2. The van der Waals surface area contributed by atoms with Crippen LogP contribution in [-0.4, -0.2) is 84.2 Å². The standard InChI is InChI=1S/C34H34FN9O/c35-25-12-23(13-26(14-25)45-10-9-43-5-1-2-6-43)28-18-37-19-31-32(28)40-34(39-31)33-27-15-29(38-20-30(27)41-42-33)24-11-22(16-36-17-24)21-44-7-3-4-8-44/h11-20H,1-10,21H2,(H,39,40)(H,41,42). The number of likely N-dealkylation sites (tertiary alicyclic amines) is 2. The minimum Gasteiger partial charge on any atom is -0.492 e. The Morgan fingerprint density at radius 2 is 1.62 bits per heavy atom. The zero-order valence-corrected chi connectivity index (χ0v) is 25.0. The molecule has 0 amide bonds. The second-order valence-electron chi connectivity index (χ2n) is 12.0. The molecule has 2 N–H and O–H groups in total. The second-order valence-corrected chi connectivity index (χ2v) is 12.0. The largest absolute Gasteiger partial charge is 0.492 e. The molecule has 0 atom stereocenters. The average molecular weight is 604 g/mol. The summed E-state index contributed by atoms with van der Waals surface area (Å²) in [6, 6.07) is 8.96. The van der Waals surface area contributed by atoms with Gasteiger partial charge in [0.15, 0.2) is 5.82 Å². The van der Waals surface area contributed by atoms with Gasteiger partial charge in [0.1, 0.15) is 23.9 Å². The highest BCUT2D eigenvalue weighted by Gasteiger charge is 2.18. The molecule has 228 valence electrons. The third-order valence-electron chi connectivity index (χ3n) is 8.82. The number of rotatable bonds is 9. The molecular formula is C34H34FN9O. The van der Waals surface area contributed by atoms with Crippen LogP contribution in [0.3, 0.4) is 0 Å². The number of benzene rings is 1. The summed E-state index contributed by atoms with van der Waals surface area (Å²) in [5, 5.41) is 8.57. The number of imidazole rings is 1. The van der Waals surface area contributed by atoms with Crippen LogP contribution in [-0.2, 0) is 6.54 Å². The van der Waals surface area contributed by atoms with E-state index in [1.165, 1.54) is 43.4 Å². The number of ether oxygens (including phenoxy) is 1. The lowest BCUT2D eigenvalue weighted by Crippen LogP contribution is -2.25. The van der Waals surface area contributed by atoms with Crippen molar-refractivity contribution in [3.05, 3.63) is 72.7 Å². The van der Waals surface area contributed by atoms with Crippen LogP contribution in [0.25, 0.3) is 55.8 Å². The Hall–Kier alpha value is -4.74. The highest BCUT2D eigenvalue weighted by atomic mass is 19.1. The molecule has 0 spiro atoms. The Morgan fingerprint density at radius 1 is 0.800 bits per heavy atom. The van der Waals surface area contributed by atoms with E-state index in [4.69, 9.17) is 14.7 Å². The Bertz CT molecular complexity index is 1970. The summed E-state index contributed by atoms with van der Waals surface area (Å²) in [7, 11) is 0. The molecule has 0 bridgehead atoms. The molecule has 0 saturated carbocycles. The summed E-state index contributed by atoms with van der Waals surface area (Å²) in [6.45, 7) is 6.70. The molecule has 0 unspecified atom stereocenters. The van der Waals surface area contributed by atoms with Gasteiger partial charge in [0, 0.05) is 54.3 Å². The van der Waals surface area contributed by atoms with Gasteiger partial charge < -0.3 is 9.72 Å². The number of aromatic amines is 2. The summed E-state index contributed by atoms with van der Waals surface area (Å²) in [5.41, 5.74) is 7.20. The lowest BCUT2D eigenvalue weighted by molar-refractivity contribution is 0.237. The minimum atomic E-state index is -0.367. The molecule has 1 aromatic carbocycles. The molecule has 45 heavy (non-hydrogen) atoms. The lowest BCUT2D eigenvalue weighted by Gasteiger charge is -2.15. The maximum absolute atomic E-state index is 14.8. The number of halogens is 1. The first-order valence-electron chi connectivity index (χ1n) is 15.7. The summed E-state index contributed by atoms with van der Waals surface area (Å²) >= 11 is 0. The molecule has 2 saturated heterocycles. The first kappa shape index (κ1) is 27.8. The van der Waals surface area contributed by atoms with Gasteiger partial charge in [0.25, 0.3) is 0 Å². The van der Waals surface area contributed by atoms with Crippen LogP contribution in [0, 0.1) is 5.82 Å². The third-order valence-corrected chi connectivity index (χ3v) is 8.82. The molecule has 6 aromatic rings. The van der Waals surface area contributed by atoms with E-state index in [1.54, 1.807) is 18.6 Å². The number of nitrogens with one attached hydrogen (secondary N) is 2. The first-order chi connectivity index (χ1) is 22.2. The van der Waals surface area contributed by atoms with Crippen molar-refractivity contribution < 1.29 is 9.13 Å². The van der Waals surface area contributed by atoms with Crippen LogP contribution in [0.15, 0.2) is 61.3 Å². The maximum atomic E-state index is 14.8. The van der Waals surface area contributed by atoms with Gasteiger partial charge in [-0.2, -0.15) is 5.10 Å². The van der Waals surface area contributed by atoms with Crippen molar-refractivity contribution >= 4 is 21.9 Å². The predicted molar refractivity (Wildman–Crippen MR) is 171 cm³/mol. The van der Waals surface area contributed by atoms with E-state index in [2.05, 4.69) is 41.0 Å². The topological polar surface area (TPSA) is 112 Å². The molecule has 7 heterocycles. The second kappa shape index (κ2) is 12.0. The monoisotopic (exact) mass is 603 g/mol. The highest BCUT2D eigenvalue weighted by Crippen LogP contribution is 2.34. The van der Waals surface area contributed by atoms with Gasteiger partial charge in [-0.3, -0.25) is 29.9 Å². The molecule has 5 aromatic heterocycles. The van der Waals surface area contributed by atoms with Gasteiger partial charge in [0.05, 0.1) is 34.6 Å². The fourth-order valence-electron chi connectivity index (χ4n) is 6.52. The van der Waals surface area contributed by atoms with E-state index in [0.29, 0.717) is 40.5 Å². The number of aromatic nitrogens is 7. The van der Waals surface area contributed by atoms with Gasteiger partial charge in [-0.25, -0.2) is 9.37 Å². The molecule has 2 aliphatic rings. The van der Waals surface area contributed by atoms with Gasteiger partial charge in [-0.05, 0) is 87.3 Å². The Kier molecular flexibility index (Phi) is 7.40. The van der Waals surface area contributed by atoms with Gasteiger partial charge in [-0.15, -0.1) is 0 Å². The lowest BCUT2D eigenvalue weighted by atomic mass is 10.1. The number of pyridine rings is 3. The average Bonchev–Trinajstić information content (AvgIpc) is 3.88. The SMILES string of the molecule is Fc1cc(OCCN2CCCC2)cc(-c2cncc3[nH]c(-c4n[nH]c5cnc(-c6cncc(CN7CCCC7)c6)cc45)nc23)c1. The van der Waals surface area contributed by atoms with E-state index in [9.17, 15) is 4.39 Å². The number of hydrogen-bond donors (Lipinski definition) is 2. The Morgan fingerprint density at radius 3 is 2.49 bits per heavy atom. The smallest absolute Gasteiger partial charge is 0.159 e. The first-order valence-corrected chi connectivity index (χ1v) is 15.7. The fourth-order valence-corrected chi connectivity index (χ4v) is 6.52. The van der Waals surface area contributed by atoms with Crippen LogP contribution >= 0.6 is 0 Å². The highest BCUT2D eigenvalue weighted by molar-refractivity contribution is 5.97. The summed E-state index contributed by atoms with van der Waals surface area (Å²) in [4.78, 5) is 26.8. The van der Waals surface area contributed by atoms with Crippen molar-refractivity contribution in [1.29, 1.82) is 0 Å². The summed E-state index contributed by atoms with van der Waals surface area (Å²) in [5.74, 6) is 0.713. The number of fused-ring (bicyclic) bond motifs is 2. The van der Waals surface area contributed by atoms with E-state index < -0.39 is 0 Å². The molecule has 10 nitrogen and oxygen atoms in total. The van der Waals surface area contributed by atoms with Crippen LogP contribution in [0.5, 0.6) is 5.75 Å². The molecule has 2 aliphatic heterocycles. The van der Waals surface area contributed by atoms with Crippen molar-refractivity contribution in [3.63, 3.8) is 0 Å². The predicted octanol–water partition coefficient (Wildman–Crippen LogP) is 5.83. The third kappa shape index (κ3) is 5.76. The molecule has 0 radical (unpaired) electrons. The van der Waals surface area contributed by atoms with Crippen molar-refractivity contribution in [2.24, 2.45) is 0 Å². The molecule has 8 rings (SSSR count). The quantitative estimate of drug-likeness (QED) is 0.212. The van der Waals surface area contributed by atoms with Crippen LogP contribution < -0.4 is 4.74 Å². The molecule has 0 aliphatic carbocycles. The normalized spacial score (nSPS) is 15.9. The zero-order chi connectivity index (χ0) is 30.2. The van der Waals surface area contributed by atoms with E-state index in [1.807, 2.05) is 24.5 Å². The van der Waals surface area contributed by atoms with Crippen molar-refractivity contribution in [1.82, 2.24) is 44.9 Å².